The normalized spacial score (nSPS) is 11.3. The molecule has 1 aromatic heterocycles. The molecule has 0 radical (unpaired) electrons. The Balaban J connectivity index is 2.14. The molecule has 0 spiro atoms. The molecule has 0 saturated heterocycles. The van der Waals surface area contributed by atoms with Crippen molar-refractivity contribution in [1.29, 1.82) is 0 Å². The van der Waals surface area contributed by atoms with Gasteiger partial charge in [-0.05, 0) is 30.0 Å². The number of rotatable bonds is 5. The maximum Gasteiger partial charge on any atom is 0.273 e. The Kier molecular flexibility index (Phi) is 4.50. The molecule has 1 heterocycles. The van der Waals surface area contributed by atoms with Crippen LogP contribution in [0.4, 0.5) is 5.69 Å². The first-order valence-electron chi connectivity index (χ1n) is 7.35. The quantitative estimate of drug-likeness (QED) is 0.677. The smallest absolute Gasteiger partial charge is 0.265 e. The van der Waals surface area contributed by atoms with E-state index in [1.165, 1.54) is 15.6 Å². The number of nitrogens with zero attached hydrogens (tertiary/aromatic N) is 1. The van der Waals surface area contributed by atoms with Gasteiger partial charge in [0.25, 0.3) is 10.0 Å². The molecule has 5 heteroatoms. The third-order valence-electron chi connectivity index (χ3n) is 3.58. The van der Waals surface area contributed by atoms with E-state index in [0.29, 0.717) is 16.4 Å². The van der Waals surface area contributed by atoms with Crippen molar-refractivity contribution >= 4 is 27.0 Å². The average Bonchev–Trinajstić information content (AvgIpc) is 3.12. The lowest BCUT2D eigenvalue weighted by Gasteiger charge is -2.24. The van der Waals surface area contributed by atoms with Crippen LogP contribution in [0.1, 0.15) is 6.92 Å². The summed E-state index contributed by atoms with van der Waals surface area (Å²) in [4.78, 5) is 0. The Morgan fingerprint density at radius 1 is 0.913 bits per heavy atom. The summed E-state index contributed by atoms with van der Waals surface area (Å²) in [6, 6.07) is 20.9. The van der Waals surface area contributed by atoms with E-state index in [1.807, 2.05) is 61.5 Å². The van der Waals surface area contributed by atoms with Crippen LogP contribution in [-0.4, -0.2) is 15.0 Å². The molecule has 3 aromatic rings. The lowest BCUT2D eigenvalue weighted by atomic mass is 10.0. The third kappa shape index (κ3) is 3.02. The number of hydrogen-bond acceptors (Lipinski definition) is 3. The van der Waals surface area contributed by atoms with Crippen molar-refractivity contribution in [3.63, 3.8) is 0 Å². The van der Waals surface area contributed by atoms with Crippen molar-refractivity contribution < 1.29 is 8.42 Å². The van der Waals surface area contributed by atoms with E-state index in [1.54, 1.807) is 17.5 Å². The maximum atomic E-state index is 12.9. The summed E-state index contributed by atoms with van der Waals surface area (Å²) in [7, 11) is -3.54. The number of thiophene rings is 1. The van der Waals surface area contributed by atoms with Crippen LogP contribution in [0.2, 0.25) is 0 Å². The van der Waals surface area contributed by atoms with Gasteiger partial charge in [-0.1, -0.05) is 54.6 Å². The Morgan fingerprint density at radius 3 is 2.26 bits per heavy atom. The van der Waals surface area contributed by atoms with Gasteiger partial charge >= 0.3 is 0 Å². The second kappa shape index (κ2) is 6.56. The van der Waals surface area contributed by atoms with Crippen molar-refractivity contribution in [3.8, 4) is 11.1 Å². The molecule has 0 bridgehead atoms. The lowest BCUT2D eigenvalue weighted by Crippen LogP contribution is -2.30. The zero-order valence-corrected chi connectivity index (χ0v) is 14.3. The van der Waals surface area contributed by atoms with Crippen LogP contribution in [0.3, 0.4) is 0 Å². The van der Waals surface area contributed by atoms with Gasteiger partial charge in [-0.2, -0.15) is 0 Å². The van der Waals surface area contributed by atoms with E-state index in [2.05, 4.69) is 0 Å². The fourth-order valence-electron chi connectivity index (χ4n) is 2.54. The molecule has 0 atom stereocenters. The molecule has 118 valence electrons. The highest BCUT2D eigenvalue weighted by molar-refractivity contribution is 7.94. The van der Waals surface area contributed by atoms with Gasteiger partial charge in [0.2, 0.25) is 0 Å². The Labute approximate surface area is 140 Å². The standard InChI is InChI=1S/C18H17NO2S2/c1-2-19(23(20,21)18-13-8-14-22-18)17-12-7-6-11-16(17)15-9-4-3-5-10-15/h3-14H,2H2,1H3. The van der Waals surface area contributed by atoms with Crippen molar-refractivity contribution in [1.82, 2.24) is 0 Å². The summed E-state index contributed by atoms with van der Waals surface area (Å²) in [5.41, 5.74) is 2.62. The fraction of sp³-hybridized carbons (Fsp3) is 0.111. The van der Waals surface area contributed by atoms with Crippen LogP contribution >= 0.6 is 11.3 Å². The highest BCUT2D eigenvalue weighted by atomic mass is 32.2. The zero-order chi connectivity index (χ0) is 16.3. The second-order valence-electron chi connectivity index (χ2n) is 4.99. The van der Waals surface area contributed by atoms with Gasteiger partial charge < -0.3 is 0 Å². The molecule has 0 fully saturated rings. The van der Waals surface area contributed by atoms with Crippen LogP contribution in [-0.2, 0) is 10.0 Å². The van der Waals surface area contributed by atoms with Gasteiger partial charge in [0.1, 0.15) is 4.21 Å². The SMILES string of the molecule is CCN(c1ccccc1-c1ccccc1)S(=O)(=O)c1cccs1. The number of anilines is 1. The fourth-order valence-corrected chi connectivity index (χ4v) is 5.14. The van der Waals surface area contributed by atoms with E-state index in [9.17, 15) is 8.42 Å². The van der Waals surface area contributed by atoms with Crippen molar-refractivity contribution in [2.45, 2.75) is 11.1 Å². The molecule has 0 aliphatic heterocycles. The topological polar surface area (TPSA) is 37.4 Å². The molecule has 0 unspecified atom stereocenters. The lowest BCUT2D eigenvalue weighted by molar-refractivity contribution is 0.594. The van der Waals surface area contributed by atoms with Gasteiger partial charge in [0.15, 0.2) is 0 Å². The third-order valence-corrected chi connectivity index (χ3v) is 6.85. The minimum Gasteiger partial charge on any atom is -0.265 e. The molecule has 23 heavy (non-hydrogen) atoms. The van der Waals surface area contributed by atoms with Gasteiger partial charge in [-0.3, -0.25) is 4.31 Å². The summed E-state index contributed by atoms with van der Waals surface area (Å²) in [6.45, 7) is 2.23. The van der Waals surface area contributed by atoms with E-state index in [-0.39, 0.29) is 0 Å². The minimum absolute atomic E-state index is 0.363. The summed E-state index contributed by atoms with van der Waals surface area (Å²) < 4.78 is 27.7. The van der Waals surface area contributed by atoms with Gasteiger partial charge in [0.05, 0.1) is 5.69 Å². The molecule has 2 aromatic carbocycles. The molecular formula is C18H17NO2S2. The van der Waals surface area contributed by atoms with E-state index >= 15 is 0 Å². The Bertz CT molecular complexity index is 872. The van der Waals surface area contributed by atoms with Crippen LogP contribution in [0.15, 0.2) is 76.3 Å². The van der Waals surface area contributed by atoms with Crippen molar-refractivity contribution in [2.24, 2.45) is 0 Å². The molecular weight excluding hydrogens is 326 g/mol. The number of para-hydroxylation sites is 1. The number of benzene rings is 2. The van der Waals surface area contributed by atoms with Gasteiger partial charge in [-0.25, -0.2) is 8.42 Å². The first-order valence-corrected chi connectivity index (χ1v) is 9.67. The molecule has 0 saturated carbocycles. The predicted octanol–water partition coefficient (Wildman–Crippen LogP) is 4.63. The number of sulfonamides is 1. The summed E-state index contributed by atoms with van der Waals surface area (Å²) >= 11 is 1.24. The predicted molar refractivity (Wildman–Crippen MR) is 96.4 cm³/mol. The minimum atomic E-state index is -3.54. The highest BCUT2D eigenvalue weighted by Crippen LogP contribution is 2.34. The zero-order valence-electron chi connectivity index (χ0n) is 12.7. The van der Waals surface area contributed by atoms with E-state index in [0.717, 1.165) is 11.1 Å². The van der Waals surface area contributed by atoms with Crippen LogP contribution < -0.4 is 4.31 Å². The molecule has 0 amide bonds. The molecule has 3 rings (SSSR count). The average molecular weight is 343 g/mol. The molecule has 0 aliphatic carbocycles. The van der Waals surface area contributed by atoms with Crippen LogP contribution in [0, 0.1) is 0 Å². The summed E-state index contributed by atoms with van der Waals surface area (Å²) in [6.07, 6.45) is 0. The molecule has 0 aliphatic rings. The summed E-state index contributed by atoms with van der Waals surface area (Å²) in [5.74, 6) is 0. The van der Waals surface area contributed by atoms with Gasteiger partial charge in [-0.15, -0.1) is 11.3 Å². The number of hydrogen-bond donors (Lipinski definition) is 0. The molecule has 0 N–H and O–H groups in total. The van der Waals surface area contributed by atoms with Crippen molar-refractivity contribution in [2.75, 3.05) is 10.8 Å². The largest absolute Gasteiger partial charge is 0.273 e. The van der Waals surface area contributed by atoms with E-state index in [4.69, 9.17) is 0 Å². The molecule has 3 nitrogen and oxygen atoms in total. The van der Waals surface area contributed by atoms with E-state index < -0.39 is 10.0 Å². The van der Waals surface area contributed by atoms with Gasteiger partial charge in [0, 0.05) is 12.1 Å². The Hall–Kier alpha value is -2.11. The highest BCUT2D eigenvalue weighted by Gasteiger charge is 2.26. The Morgan fingerprint density at radius 2 is 1.61 bits per heavy atom. The van der Waals surface area contributed by atoms with Crippen LogP contribution in [0.5, 0.6) is 0 Å². The summed E-state index contributed by atoms with van der Waals surface area (Å²) in [5, 5.41) is 1.78. The monoisotopic (exact) mass is 343 g/mol. The second-order valence-corrected chi connectivity index (χ2v) is 8.02. The first kappa shape index (κ1) is 15.8. The first-order chi connectivity index (χ1) is 11.1. The van der Waals surface area contributed by atoms with Crippen molar-refractivity contribution in [3.05, 3.63) is 72.1 Å². The van der Waals surface area contributed by atoms with Crippen LogP contribution in [0.25, 0.3) is 11.1 Å². The maximum absolute atomic E-state index is 12.9.